The fraction of sp³-hybridized carbons (Fsp3) is 0.550. The molecule has 134 valence electrons. The second-order valence-corrected chi connectivity index (χ2v) is 7.67. The van der Waals surface area contributed by atoms with Gasteiger partial charge in [-0.1, -0.05) is 30.3 Å². The highest BCUT2D eigenvalue weighted by molar-refractivity contribution is 5.15. The lowest BCUT2D eigenvalue weighted by atomic mass is 9.91. The van der Waals surface area contributed by atoms with Gasteiger partial charge >= 0.3 is 0 Å². The van der Waals surface area contributed by atoms with Gasteiger partial charge in [-0.2, -0.15) is 5.10 Å². The number of aromatic nitrogens is 2. The van der Waals surface area contributed by atoms with Crippen LogP contribution in [0.4, 0.5) is 0 Å². The summed E-state index contributed by atoms with van der Waals surface area (Å²) in [7, 11) is 1.88. The van der Waals surface area contributed by atoms with Crippen molar-refractivity contribution in [3.8, 4) is 0 Å². The standard InChI is InChI=1S/C20H28N4O/c1-23-12-18(9-22-23)19(25)10-21-20-16-7-8-17(20)14-24(13-16)11-15-5-3-2-4-6-15/h2-6,9,12,16-17,19-21,25H,7-8,10-11,13-14H2,1H3. The van der Waals surface area contributed by atoms with Crippen LogP contribution in [-0.2, 0) is 13.6 Å². The van der Waals surface area contributed by atoms with Crippen molar-refractivity contribution in [1.82, 2.24) is 20.0 Å². The van der Waals surface area contributed by atoms with Crippen LogP contribution in [0.15, 0.2) is 42.7 Å². The van der Waals surface area contributed by atoms with E-state index in [0.717, 1.165) is 25.2 Å². The molecule has 1 saturated heterocycles. The zero-order chi connectivity index (χ0) is 17.2. The van der Waals surface area contributed by atoms with Gasteiger partial charge in [0.2, 0.25) is 0 Å². The number of benzene rings is 1. The largest absolute Gasteiger partial charge is 0.387 e. The SMILES string of the molecule is Cn1cc(C(O)CNC2C3CCC2CN(Cc2ccccc2)C3)cn1. The Morgan fingerprint density at radius 3 is 2.56 bits per heavy atom. The molecule has 25 heavy (non-hydrogen) atoms. The number of rotatable bonds is 6. The Balaban J connectivity index is 1.31. The van der Waals surface area contributed by atoms with Gasteiger partial charge in [0.1, 0.15) is 0 Å². The summed E-state index contributed by atoms with van der Waals surface area (Å²) in [5.41, 5.74) is 2.30. The van der Waals surface area contributed by atoms with Gasteiger partial charge in [0.25, 0.3) is 0 Å². The molecule has 2 bridgehead atoms. The second kappa shape index (κ2) is 7.28. The third-order valence-corrected chi connectivity index (χ3v) is 5.81. The molecule has 0 radical (unpaired) electrons. The minimum absolute atomic E-state index is 0.476. The van der Waals surface area contributed by atoms with Crippen LogP contribution in [0, 0.1) is 11.8 Å². The van der Waals surface area contributed by atoms with E-state index < -0.39 is 6.10 Å². The highest BCUT2D eigenvalue weighted by Crippen LogP contribution is 2.37. The summed E-state index contributed by atoms with van der Waals surface area (Å²) in [5, 5.41) is 18.2. The summed E-state index contributed by atoms with van der Waals surface area (Å²) in [6.45, 7) is 3.99. The van der Waals surface area contributed by atoms with Crippen LogP contribution in [0.1, 0.15) is 30.1 Å². The van der Waals surface area contributed by atoms with E-state index in [2.05, 4.69) is 45.6 Å². The number of fused-ring (bicyclic) bond motifs is 2. The molecule has 1 saturated carbocycles. The number of aryl methyl sites for hydroxylation is 1. The molecular formula is C20H28N4O. The molecule has 3 atom stereocenters. The van der Waals surface area contributed by atoms with Crippen molar-refractivity contribution < 1.29 is 5.11 Å². The van der Waals surface area contributed by atoms with Gasteiger partial charge in [-0.3, -0.25) is 9.58 Å². The molecule has 1 aliphatic carbocycles. The summed E-state index contributed by atoms with van der Waals surface area (Å²) in [5.74, 6) is 1.40. The topological polar surface area (TPSA) is 53.3 Å². The van der Waals surface area contributed by atoms with Crippen molar-refractivity contribution in [2.24, 2.45) is 18.9 Å². The van der Waals surface area contributed by atoms with Gasteiger partial charge in [0.15, 0.2) is 0 Å². The lowest BCUT2D eigenvalue weighted by Crippen LogP contribution is -2.51. The summed E-state index contributed by atoms with van der Waals surface area (Å²) < 4.78 is 1.74. The van der Waals surface area contributed by atoms with E-state index in [4.69, 9.17) is 0 Å². The molecule has 2 N–H and O–H groups in total. The van der Waals surface area contributed by atoms with Gasteiger partial charge in [-0.25, -0.2) is 0 Å². The monoisotopic (exact) mass is 340 g/mol. The quantitative estimate of drug-likeness (QED) is 0.844. The van der Waals surface area contributed by atoms with Crippen molar-refractivity contribution in [3.05, 3.63) is 53.9 Å². The number of aliphatic hydroxyl groups excluding tert-OH is 1. The summed E-state index contributed by atoms with van der Waals surface area (Å²) in [6.07, 6.45) is 5.77. The van der Waals surface area contributed by atoms with Crippen LogP contribution < -0.4 is 5.32 Å². The molecule has 2 fully saturated rings. The predicted molar refractivity (Wildman–Crippen MR) is 97.9 cm³/mol. The Kier molecular flexibility index (Phi) is 4.88. The Morgan fingerprint density at radius 2 is 1.92 bits per heavy atom. The first-order chi connectivity index (χ1) is 12.2. The molecule has 2 aliphatic rings. The first-order valence-corrected chi connectivity index (χ1v) is 9.35. The zero-order valence-electron chi connectivity index (χ0n) is 14.9. The minimum atomic E-state index is -0.476. The fourth-order valence-corrected chi connectivity index (χ4v) is 4.60. The van der Waals surface area contributed by atoms with Gasteiger partial charge in [-0.05, 0) is 30.2 Å². The molecule has 4 rings (SSSR count). The molecule has 5 heteroatoms. The Morgan fingerprint density at radius 1 is 1.20 bits per heavy atom. The van der Waals surface area contributed by atoms with Gasteiger partial charge < -0.3 is 10.4 Å². The van der Waals surface area contributed by atoms with Crippen LogP contribution in [0.2, 0.25) is 0 Å². The van der Waals surface area contributed by atoms with Crippen LogP contribution in [0.25, 0.3) is 0 Å². The highest BCUT2D eigenvalue weighted by Gasteiger charge is 2.41. The third kappa shape index (κ3) is 3.78. The summed E-state index contributed by atoms with van der Waals surface area (Å²) in [4.78, 5) is 2.60. The first kappa shape index (κ1) is 16.8. The van der Waals surface area contributed by atoms with Crippen LogP contribution >= 0.6 is 0 Å². The maximum Gasteiger partial charge on any atom is 0.0944 e. The highest BCUT2D eigenvalue weighted by atomic mass is 16.3. The van der Waals surface area contributed by atoms with Crippen molar-refractivity contribution in [2.45, 2.75) is 31.5 Å². The molecule has 1 aliphatic heterocycles. The number of likely N-dealkylation sites (tertiary alicyclic amines) is 1. The summed E-state index contributed by atoms with van der Waals surface area (Å²) in [6, 6.07) is 11.3. The summed E-state index contributed by atoms with van der Waals surface area (Å²) >= 11 is 0. The number of hydrogen-bond acceptors (Lipinski definition) is 4. The molecule has 1 aromatic heterocycles. The van der Waals surface area contributed by atoms with E-state index in [9.17, 15) is 5.11 Å². The zero-order valence-corrected chi connectivity index (χ0v) is 14.9. The van der Waals surface area contributed by atoms with Gasteiger partial charge in [-0.15, -0.1) is 0 Å². The predicted octanol–water partition coefficient (Wildman–Crippen LogP) is 1.95. The second-order valence-electron chi connectivity index (χ2n) is 7.67. The molecule has 0 amide bonds. The van der Waals surface area contributed by atoms with E-state index in [0.29, 0.717) is 24.4 Å². The average Bonchev–Trinajstić information content (AvgIpc) is 3.15. The number of nitrogens with zero attached hydrogens (tertiary/aromatic N) is 3. The first-order valence-electron chi connectivity index (χ1n) is 9.35. The molecule has 2 aromatic rings. The normalized spacial score (nSPS) is 27.5. The van der Waals surface area contributed by atoms with Crippen molar-refractivity contribution >= 4 is 0 Å². The Labute approximate surface area is 149 Å². The van der Waals surface area contributed by atoms with E-state index in [1.54, 1.807) is 10.9 Å². The maximum atomic E-state index is 10.4. The van der Waals surface area contributed by atoms with Crippen LogP contribution in [0.3, 0.4) is 0 Å². The molecular weight excluding hydrogens is 312 g/mol. The third-order valence-electron chi connectivity index (χ3n) is 5.81. The number of nitrogens with one attached hydrogen (secondary N) is 1. The lowest BCUT2D eigenvalue weighted by Gasteiger charge is -2.39. The van der Waals surface area contributed by atoms with E-state index >= 15 is 0 Å². The molecule has 5 nitrogen and oxygen atoms in total. The number of hydrogen-bond donors (Lipinski definition) is 2. The van der Waals surface area contributed by atoms with Crippen LogP contribution in [0.5, 0.6) is 0 Å². The lowest BCUT2D eigenvalue weighted by molar-refractivity contribution is 0.106. The average molecular weight is 340 g/mol. The number of aliphatic hydroxyl groups is 1. The molecule has 2 heterocycles. The van der Waals surface area contributed by atoms with Gasteiger partial charge in [0.05, 0.1) is 12.3 Å². The van der Waals surface area contributed by atoms with Crippen LogP contribution in [-0.4, -0.2) is 45.5 Å². The molecule has 0 spiro atoms. The van der Waals surface area contributed by atoms with Crippen molar-refractivity contribution in [2.75, 3.05) is 19.6 Å². The number of piperidine rings is 1. The smallest absolute Gasteiger partial charge is 0.0944 e. The molecule has 1 aromatic carbocycles. The Hall–Kier alpha value is -1.69. The maximum absolute atomic E-state index is 10.4. The van der Waals surface area contributed by atoms with Crippen molar-refractivity contribution in [1.29, 1.82) is 0 Å². The van der Waals surface area contributed by atoms with E-state index in [1.807, 2.05) is 13.2 Å². The van der Waals surface area contributed by atoms with Gasteiger partial charge in [0, 0.05) is 51.0 Å². The molecule has 3 unspecified atom stereocenters. The minimum Gasteiger partial charge on any atom is -0.387 e. The van der Waals surface area contributed by atoms with E-state index in [1.165, 1.54) is 18.4 Å². The Bertz CT molecular complexity index is 672. The van der Waals surface area contributed by atoms with Crippen molar-refractivity contribution in [3.63, 3.8) is 0 Å². The fourth-order valence-electron chi connectivity index (χ4n) is 4.60. The van der Waals surface area contributed by atoms with E-state index in [-0.39, 0.29) is 0 Å².